The second-order valence-corrected chi connectivity index (χ2v) is 5.70. The van der Waals surface area contributed by atoms with Crippen molar-refractivity contribution in [1.82, 2.24) is 4.90 Å². The molecule has 104 valence electrons. The van der Waals surface area contributed by atoms with E-state index in [9.17, 15) is 14.9 Å². The van der Waals surface area contributed by atoms with E-state index in [4.69, 9.17) is 4.42 Å². The van der Waals surface area contributed by atoms with Crippen molar-refractivity contribution in [1.29, 1.82) is 0 Å². The summed E-state index contributed by atoms with van der Waals surface area (Å²) in [5, 5.41) is 10.7. The molecule has 0 N–H and O–H groups in total. The van der Waals surface area contributed by atoms with Crippen LogP contribution in [0.15, 0.2) is 34.9 Å². The minimum atomic E-state index is -0.477. The van der Waals surface area contributed by atoms with Gasteiger partial charge in [0, 0.05) is 12.1 Å². The summed E-state index contributed by atoms with van der Waals surface area (Å²) in [6.45, 7) is 0.405. The van der Waals surface area contributed by atoms with Gasteiger partial charge in [-0.05, 0) is 31.0 Å². The van der Waals surface area contributed by atoms with Crippen molar-refractivity contribution in [3.05, 3.63) is 51.3 Å². The van der Waals surface area contributed by atoms with Gasteiger partial charge < -0.3 is 9.32 Å². The standard InChI is InChI=1S/C13H12N2O4S/c16-13(11-5-6-12(20-11)15(17)18)14(9-3-4-9)8-10-2-1-7-19-10/h1-2,5-7,9H,3-4,8H2. The van der Waals surface area contributed by atoms with Crippen LogP contribution >= 0.6 is 11.3 Å². The number of carbonyl (C=O) groups is 1. The van der Waals surface area contributed by atoms with Crippen LogP contribution in [0, 0.1) is 10.1 Å². The maximum absolute atomic E-state index is 12.5. The Balaban J connectivity index is 1.79. The van der Waals surface area contributed by atoms with Crippen LogP contribution in [0.2, 0.25) is 0 Å². The van der Waals surface area contributed by atoms with Crippen molar-refractivity contribution >= 4 is 22.2 Å². The predicted molar refractivity (Wildman–Crippen MR) is 72.6 cm³/mol. The van der Waals surface area contributed by atoms with Gasteiger partial charge in [-0.15, -0.1) is 0 Å². The van der Waals surface area contributed by atoms with E-state index in [0.29, 0.717) is 11.4 Å². The highest BCUT2D eigenvalue weighted by molar-refractivity contribution is 7.17. The third-order valence-electron chi connectivity index (χ3n) is 3.14. The van der Waals surface area contributed by atoms with Gasteiger partial charge in [-0.1, -0.05) is 11.3 Å². The molecule has 0 atom stereocenters. The van der Waals surface area contributed by atoms with Crippen LogP contribution in [-0.2, 0) is 6.54 Å². The van der Waals surface area contributed by atoms with Gasteiger partial charge >= 0.3 is 5.00 Å². The fraction of sp³-hybridized carbons (Fsp3) is 0.308. The number of carbonyl (C=O) groups excluding carboxylic acids is 1. The van der Waals surface area contributed by atoms with Crippen LogP contribution in [0.25, 0.3) is 0 Å². The Morgan fingerprint density at radius 1 is 1.45 bits per heavy atom. The quantitative estimate of drug-likeness (QED) is 0.627. The molecule has 1 aliphatic rings. The maximum Gasteiger partial charge on any atom is 0.324 e. The lowest BCUT2D eigenvalue weighted by atomic mass is 10.3. The largest absolute Gasteiger partial charge is 0.467 e. The van der Waals surface area contributed by atoms with Gasteiger partial charge in [0.15, 0.2) is 0 Å². The van der Waals surface area contributed by atoms with Gasteiger partial charge in [-0.3, -0.25) is 14.9 Å². The van der Waals surface area contributed by atoms with E-state index in [1.54, 1.807) is 17.2 Å². The molecule has 2 aromatic rings. The summed E-state index contributed by atoms with van der Waals surface area (Å²) in [7, 11) is 0. The van der Waals surface area contributed by atoms with Gasteiger partial charge in [0.1, 0.15) is 5.76 Å². The fourth-order valence-corrected chi connectivity index (χ4v) is 2.78. The molecule has 0 radical (unpaired) electrons. The van der Waals surface area contributed by atoms with Crippen LogP contribution in [0.4, 0.5) is 5.00 Å². The second kappa shape index (κ2) is 5.09. The minimum absolute atomic E-state index is 0.0119. The number of hydrogen-bond donors (Lipinski definition) is 0. The van der Waals surface area contributed by atoms with Crippen molar-refractivity contribution in [2.75, 3.05) is 0 Å². The molecule has 0 unspecified atom stereocenters. The van der Waals surface area contributed by atoms with Crippen LogP contribution in [0.1, 0.15) is 28.3 Å². The lowest BCUT2D eigenvalue weighted by molar-refractivity contribution is -0.380. The Kier molecular flexibility index (Phi) is 3.27. The highest BCUT2D eigenvalue weighted by atomic mass is 32.1. The highest BCUT2D eigenvalue weighted by Gasteiger charge is 2.34. The second-order valence-electron chi connectivity index (χ2n) is 4.64. The van der Waals surface area contributed by atoms with Crippen LogP contribution < -0.4 is 0 Å². The molecular weight excluding hydrogens is 280 g/mol. The third-order valence-corrected chi connectivity index (χ3v) is 4.16. The molecule has 2 heterocycles. The average molecular weight is 292 g/mol. The van der Waals surface area contributed by atoms with Crippen molar-refractivity contribution in [3.8, 4) is 0 Å². The lowest BCUT2D eigenvalue weighted by Crippen LogP contribution is -2.31. The van der Waals surface area contributed by atoms with Crippen LogP contribution in [0.5, 0.6) is 0 Å². The molecule has 20 heavy (non-hydrogen) atoms. The lowest BCUT2D eigenvalue weighted by Gasteiger charge is -2.20. The Bertz CT molecular complexity index is 631. The number of thiophene rings is 1. The molecule has 1 fully saturated rings. The molecule has 0 saturated heterocycles. The molecule has 1 aliphatic carbocycles. The van der Waals surface area contributed by atoms with E-state index >= 15 is 0 Å². The van der Waals surface area contributed by atoms with Crippen molar-refractivity contribution in [2.24, 2.45) is 0 Å². The number of furan rings is 1. The van der Waals surface area contributed by atoms with Crippen LogP contribution in [-0.4, -0.2) is 21.8 Å². The number of amides is 1. The van der Waals surface area contributed by atoms with E-state index in [1.807, 2.05) is 6.07 Å². The van der Waals surface area contributed by atoms with E-state index in [-0.39, 0.29) is 17.0 Å². The summed E-state index contributed by atoms with van der Waals surface area (Å²) in [5.41, 5.74) is 0. The first-order valence-corrected chi connectivity index (χ1v) is 7.04. The molecule has 6 nitrogen and oxygen atoms in total. The molecular formula is C13H12N2O4S. The van der Waals surface area contributed by atoms with Crippen molar-refractivity contribution in [2.45, 2.75) is 25.4 Å². The summed E-state index contributed by atoms with van der Waals surface area (Å²) in [4.78, 5) is 24.8. The molecule has 1 saturated carbocycles. The first-order valence-electron chi connectivity index (χ1n) is 6.23. The molecule has 7 heteroatoms. The molecule has 3 rings (SSSR count). The highest BCUT2D eigenvalue weighted by Crippen LogP contribution is 2.32. The molecule has 2 aromatic heterocycles. The minimum Gasteiger partial charge on any atom is -0.467 e. The SMILES string of the molecule is O=C(c1ccc([N+](=O)[O-])s1)N(Cc1ccco1)C1CC1. The van der Waals surface area contributed by atoms with Gasteiger partial charge in [0.05, 0.1) is 22.6 Å². The topological polar surface area (TPSA) is 76.6 Å². The van der Waals surface area contributed by atoms with Crippen LogP contribution in [0.3, 0.4) is 0 Å². The molecule has 0 bridgehead atoms. The molecule has 0 aromatic carbocycles. The van der Waals surface area contributed by atoms with Crippen molar-refractivity contribution in [3.63, 3.8) is 0 Å². The van der Waals surface area contributed by atoms with Gasteiger partial charge in [-0.2, -0.15) is 0 Å². The maximum atomic E-state index is 12.5. The number of hydrogen-bond acceptors (Lipinski definition) is 5. The Hall–Kier alpha value is -2.15. The summed E-state index contributed by atoms with van der Waals surface area (Å²) in [6, 6.07) is 6.70. The normalized spacial score (nSPS) is 14.2. The van der Waals surface area contributed by atoms with E-state index in [0.717, 1.165) is 29.9 Å². The van der Waals surface area contributed by atoms with Crippen molar-refractivity contribution < 1.29 is 14.1 Å². The summed E-state index contributed by atoms with van der Waals surface area (Å²) in [6.07, 6.45) is 3.51. The number of nitro groups is 1. The zero-order valence-corrected chi connectivity index (χ0v) is 11.3. The first kappa shape index (κ1) is 12.9. The van der Waals surface area contributed by atoms with Gasteiger partial charge in [-0.25, -0.2) is 0 Å². The van der Waals surface area contributed by atoms with E-state index in [2.05, 4.69) is 0 Å². The first-order chi connectivity index (χ1) is 9.65. The van der Waals surface area contributed by atoms with Gasteiger partial charge in [0.25, 0.3) is 5.91 Å². The number of rotatable bonds is 5. The zero-order valence-electron chi connectivity index (χ0n) is 10.5. The van der Waals surface area contributed by atoms with E-state index in [1.165, 1.54) is 12.1 Å². The molecule has 0 aliphatic heterocycles. The Labute approximate surface area is 118 Å². The average Bonchev–Trinajstić information content (AvgIpc) is 2.95. The zero-order chi connectivity index (χ0) is 14.1. The molecule has 0 spiro atoms. The Morgan fingerprint density at radius 2 is 2.25 bits per heavy atom. The summed E-state index contributed by atoms with van der Waals surface area (Å²) in [5.74, 6) is 0.554. The van der Waals surface area contributed by atoms with E-state index < -0.39 is 4.92 Å². The Morgan fingerprint density at radius 3 is 2.80 bits per heavy atom. The predicted octanol–water partition coefficient (Wildman–Crippen LogP) is 3.05. The summed E-state index contributed by atoms with van der Waals surface area (Å²) >= 11 is 0.914. The summed E-state index contributed by atoms with van der Waals surface area (Å²) < 4.78 is 5.27. The smallest absolute Gasteiger partial charge is 0.324 e. The van der Waals surface area contributed by atoms with Gasteiger partial charge in [0.2, 0.25) is 0 Å². The third kappa shape index (κ3) is 2.57. The molecule has 1 amide bonds. The monoisotopic (exact) mass is 292 g/mol. The number of nitrogens with zero attached hydrogens (tertiary/aromatic N) is 2. The fourth-order valence-electron chi connectivity index (χ4n) is 2.01.